The predicted octanol–water partition coefficient (Wildman–Crippen LogP) is 2.81. The number of rotatable bonds is 3. The molecule has 25 heavy (non-hydrogen) atoms. The van der Waals surface area contributed by atoms with Crippen LogP contribution in [0.1, 0.15) is 50.5 Å². The van der Waals surface area contributed by atoms with Crippen LogP contribution < -0.4 is 5.32 Å². The first-order valence-electron chi connectivity index (χ1n) is 7.72. The number of hydrogen-bond acceptors (Lipinski definition) is 6. The lowest BCUT2D eigenvalue weighted by Crippen LogP contribution is -2.42. The molecule has 1 aliphatic heterocycles. The van der Waals surface area contributed by atoms with E-state index in [1.54, 1.807) is 6.07 Å². The Bertz CT molecular complexity index is 748. The molecule has 0 unspecified atom stereocenters. The third-order valence-electron chi connectivity index (χ3n) is 3.56. The third kappa shape index (κ3) is 4.17. The van der Waals surface area contributed by atoms with Gasteiger partial charge in [-0.1, -0.05) is 26.8 Å². The Morgan fingerprint density at radius 1 is 1.16 bits per heavy atom. The molecule has 0 atom stereocenters. The van der Waals surface area contributed by atoms with Crippen molar-refractivity contribution in [3.8, 4) is 0 Å². The molecule has 2 N–H and O–H groups in total. The van der Waals surface area contributed by atoms with Gasteiger partial charge in [-0.25, -0.2) is 14.4 Å². The molecule has 1 heterocycles. The highest BCUT2D eigenvalue weighted by molar-refractivity contribution is 6.15. The van der Waals surface area contributed by atoms with Crippen molar-refractivity contribution in [2.24, 2.45) is 0 Å². The summed E-state index contributed by atoms with van der Waals surface area (Å²) in [5.74, 6) is -4.00. The van der Waals surface area contributed by atoms with Crippen LogP contribution in [0.4, 0.5) is 5.69 Å². The summed E-state index contributed by atoms with van der Waals surface area (Å²) in [5.41, 5.74) is 0.814. The zero-order valence-corrected chi connectivity index (χ0v) is 14.8. The zero-order valence-electron chi connectivity index (χ0n) is 14.8. The van der Waals surface area contributed by atoms with Crippen LogP contribution in [0.25, 0.3) is 0 Å². The lowest BCUT2D eigenvalue weighted by atomic mass is 9.85. The number of anilines is 1. The molecule has 0 amide bonds. The standard InChI is InChI=1S/C18H21NO6/c1-17(2,3)12-7-6-10(14(20)21)8-13(12)19-9-11-15(22)24-18(4,5)25-16(11)23/h6-9,19H,1-5H3,(H,20,21). The number of esters is 2. The molecule has 134 valence electrons. The van der Waals surface area contributed by atoms with Crippen molar-refractivity contribution in [1.82, 2.24) is 0 Å². The summed E-state index contributed by atoms with van der Waals surface area (Å²) in [5, 5.41) is 12.0. The highest BCUT2D eigenvalue weighted by Gasteiger charge is 2.39. The number of nitrogens with one attached hydrogen (secondary N) is 1. The molecular formula is C18H21NO6. The van der Waals surface area contributed by atoms with Crippen LogP contribution in [0, 0.1) is 0 Å². The monoisotopic (exact) mass is 347 g/mol. The Labute approximate surface area is 145 Å². The molecule has 0 aromatic heterocycles. The van der Waals surface area contributed by atoms with Gasteiger partial charge in [-0.2, -0.15) is 0 Å². The van der Waals surface area contributed by atoms with Gasteiger partial charge in [0.2, 0.25) is 0 Å². The molecule has 2 rings (SSSR count). The SMILES string of the molecule is CC1(C)OC(=O)C(=CNc2cc(C(=O)O)ccc2C(C)(C)C)C(=O)O1. The van der Waals surface area contributed by atoms with E-state index in [1.807, 2.05) is 20.8 Å². The van der Waals surface area contributed by atoms with E-state index in [2.05, 4.69) is 5.32 Å². The second-order valence-corrected chi connectivity index (χ2v) is 7.20. The van der Waals surface area contributed by atoms with E-state index in [-0.39, 0.29) is 16.6 Å². The molecule has 1 aromatic carbocycles. The van der Waals surface area contributed by atoms with Gasteiger partial charge in [0.1, 0.15) is 0 Å². The Morgan fingerprint density at radius 3 is 2.20 bits per heavy atom. The van der Waals surface area contributed by atoms with E-state index in [1.165, 1.54) is 32.2 Å². The molecule has 0 saturated carbocycles. The Kier molecular flexibility index (Phi) is 4.61. The number of hydrogen-bond donors (Lipinski definition) is 2. The smallest absolute Gasteiger partial charge is 0.350 e. The van der Waals surface area contributed by atoms with Crippen molar-refractivity contribution < 1.29 is 29.0 Å². The van der Waals surface area contributed by atoms with Crippen molar-refractivity contribution in [3.05, 3.63) is 41.1 Å². The van der Waals surface area contributed by atoms with Crippen LogP contribution in [-0.4, -0.2) is 28.8 Å². The van der Waals surface area contributed by atoms with E-state index >= 15 is 0 Å². The Hall–Kier alpha value is -2.83. The van der Waals surface area contributed by atoms with Crippen molar-refractivity contribution in [2.45, 2.75) is 45.8 Å². The van der Waals surface area contributed by atoms with Gasteiger partial charge in [-0.15, -0.1) is 0 Å². The first-order valence-corrected chi connectivity index (χ1v) is 7.72. The van der Waals surface area contributed by atoms with Crippen LogP contribution in [0.2, 0.25) is 0 Å². The van der Waals surface area contributed by atoms with Gasteiger partial charge >= 0.3 is 17.9 Å². The van der Waals surface area contributed by atoms with Gasteiger partial charge in [0, 0.05) is 25.7 Å². The maximum Gasteiger partial charge on any atom is 0.350 e. The van der Waals surface area contributed by atoms with Crippen molar-refractivity contribution in [3.63, 3.8) is 0 Å². The second kappa shape index (κ2) is 6.23. The van der Waals surface area contributed by atoms with E-state index < -0.39 is 23.7 Å². The van der Waals surface area contributed by atoms with Gasteiger partial charge in [-0.3, -0.25) is 0 Å². The van der Waals surface area contributed by atoms with E-state index in [0.717, 1.165) is 5.56 Å². The average molecular weight is 347 g/mol. The molecule has 1 fully saturated rings. The maximum atomic E-state index is 12.0. The molecule has 7 nitrogen and oxygen atoms in total. The largest absolute Gasteiger partial charge is 0.478 e. The summed E-state index contributed by atoms with van der Waals surface area (Å²) < 4.78 is 10.0. The summed E-state index contributed by atoms with van der Waals surface area (Å²) in [6, 6.07) is 4.65. The van der Waals surface area contributed by atoms with Crippen molar-refractivity contribution in [2.75, 3.05) is 5.32 Å². The first-order chi connectivity index (χ1) is 11.4. The van der Waals surface area contributed by atoms with Gasteiger partial charge in [0.25, 0.3) is 5.79 Å². The molecular weight excluding hydrogens is 326 g/mol. The van der Waals surface area contributed by atoms with Crippen LogP contribution in [0.15, 0.2) is 30.0 Å². The highest BCUT2D eigenvalue weighted by atomic mass is 16.7. The average Bonchev–Trinajstić information content (AvgIpc) is 2.43. The van der Waals surface area contributed by atoms with Crippen molar-refractivity contribution >= 4 is 23.6 Å². The van der Waals surface area contributed by atoms with Crippen molar-refractivity contribution in [1.29, 1.82) is 0 Å². The quantitative estimate of drug-likeness (QED) is 0.492. The molecule has 0 bridgehead atoms. The highest BCUT2D eigenvalue weighted by Crippen LogP contribution is 2.31. The molecule has 1 aliphatic rings. The number of ether oxygens (including phenoxy) is 2. The van der Waals surface area contributed by atoms with E-state index in [0.29, 0.717) is 5.69 Å². The molecule has 0 radical (unpaired) electrons. The maximum absolute atomic E-state index is 12.0. The zero-order chi connectivity index (χ0) is 19.0. The number of aromatic carboxylic acids is 1. The van der Waals surface area contributed by atoms with Gasteiger partial charge in [0.15, 0.2) is 5.57 Å². The second-order valence-electron chi connectivity index (χ2n) is 7.20. The summed E-state index contributed by atoms with van der Waals surface area (Å²) >= 11 is 0. The molecule has 0 spiro atoms. The Morgan fingerprint density at radius 2 is 1.72 bits per heavy atom. The minimum absolute atomic E-state index is 0.0869. The fraction of sp³-hybridized carbons (Fsp3) is 0.389. The van der Waals surface area contributed by atoms with Gasteiger partial charge in [0.05, 0.1) is 5.56 Å². The summed E-state index contributed by atoms with van der Waals surface area (Å²) in [4.78, 5) is 35.2. The summed E-state index contributed by atoms with van der Waals surface area (Å²) in [7, 11) is 0. The fourth-order valence-electron chi connectivity index (χ4n) is 2.38. The first kappa shape index (κ1) is 18.5. The van der Waals surface area contributed by atoms with E-state index in [4.69, 9.17) is 9.47 Å². The van der Waals surface area contributed by atoms with Gasteiger partial charge in [-0.05, 0) is 23.1 Å². The van der Waals surface area contributed by atoms with Crippen LogP contribution in [-0.2, 0) is 24.5 Å². The number of carboxylic acids is 1. The summed E-state index contributed by atoms with van der Waals surface area (Å²) in [6.45, 7) is 8.81. The lowest BCUT2D eigenvalue weighted by Gasteiger charge is -2.30. The van der Waals surface area contributed by atoms with Gasteiger partial charge < -0.3 is 19.9 Å². The van der Waals surface area contributed by atoms with Crippen LogP contribution in [0.5, 0.6) is 0 Å². The lowest BCUT2D eigenvalue weighted by molar-refractivity contribution is -0.222. The molecule has 1 aromatic rings. The number of carbonyl (C=O) groups is 3. The molecule has 7 heteroatoms. The third-order valence-corrected chi connectivity index (χ3v) is 3.56. The minimum atomic E-state index is -1.31. The fourth-order valence-corrected chi connectivity index (χ4v) is 2.38. The van der Waals surface area contributed by atoms with E-state index in [9.17, 15) is 19.5 Å². The molecule has 0 aliphatic carbocycles. The minimum Gasteiger partial charge on any atom is -0.478 e. The Balaban J connectivity index is 2.39. The predicted molar refractivity (Wildman–Crippen MR) is 90.1 cm³/mol. The number of carboxylic acid groups (broad SMARTS) is 1. The number of carbonyl (C=O) groups excluding carboxylic acids is 2. The number of benzene rings is 1. The van der Waals surface area contributed by atoms with Crippen LogP contribution in [0.3, 0.4) is 0 Å². The summed E-state index contributed by atoms with van der Waals surface area (Å²) in [6.07, 6.45) is 1.18. The molecule has 1 saturated heterocycles. The topological polar surface area (TPSA) is 102 Å². The van der Waals surface area contributed by atoms with Crippen LogP contribution >= 0.6 is 0 Å². The normalized spacial score (nSPS) is 16.8. The number of cyclic esters (lactones) is 2.